The number of rotatable bonds is 9. The highest BCUT2D eigenvalue weighted by atomic mass is 19.1. The van der Waals surface area contributed by atoms with E-state index in [2.05, 4.69) is 34.5 Å². The number of ketones is 1. The lowest BCUT2D eigenvalue weighted by Crippen LogP contribution is -2.55. The number of piperazine rings is 1. The molecule has 1 aromatic carbocycles. The Morgan fingerprint density at radius 3 is 2.76 bits per heavy atom. The fourth-order valence-electron chi connectivity index (χ4n) is 6.53. The summed E-state index contributed by atoms with van der Waals surface area (Å²) in [5.74, 6) is -0.158. The largest absolute Gasteiger partial charge is 0.462 e. The van der Waals surface area contributed by atoms with Crippen molar-refractivity contribution in [3.05, 3.63) is 59.1 Å². The molecule has 2 saturated heterocycles. The zero-order valence-electron chi connectivity index (χ0n) is 24.5. The van der Waals surface area contributed by atoms with Crippen molar-refractivity contribution >= 4 is 17.5 Å². The molecular weight excluding hydrogens is 535 g/mol. The third kappa shape index (κ3) is 6.16. The number of fused-ring (bicyclic) bond motifs is 1. The molecule has 1 aliphatic carbocycles. The van der Waals surface area contributed by atoms with Crippen LogP contribution in [-0.2, 0) is 24.1 Å². The smallest absolute Gasteiger partial charge is 0.319 e. The molecule has 3 heterocycles. The number of nitrogens with zero attached hydrogens (tertiary/aromatic N) is 6. The Morgan fingerprint density at radius 1 is 1.21 bits per heavy atom. The van der Waals surface area contributed by atoms with Crippen LogP contribution in [0.15, 0.2) is 30.9 Å². The third-order valence-electron chi connectivity index (χ3n) is 8.97. The van der Waals surface area contributed by atoms with Crippen LogP contribution in [0.4, 0.5) is 10.2 Å². The summed E-state index contributed by atoms with van der Waals surface area (Å²) in [7, 11) is 2.08. The van der Waals surface area contributed by atoms with E-state index in [0.717, 1.165) is 36.1 Å². The van der Waals surface area contributed by atoms with Crippen molar-refractivity contribution in [1.29, 1.82) is 5.26 Å². The monoisotopic (exact) mass is 574 g/mol. The zero-order chi connectivity index (χ0) is 29.8. The Morgan fingerprint density at radius 2 is 2.05 bits per heavy atom. The molecule has 1 aromatic heterocycles. The molecule has 0 bridgehead atoms. The van der Waals surface area contributed by atoms with Crippen LogP contribution in [0.1, 0.15) is 59.8 Å². The summed E-state index contributed by atoms with van der Waals surface area (Å²) in [6, 6.07) is 7.11. The second kappa shape index (κ2) is 13.0. The summed E-state index contributed by atoms with van der Waals surface area (Å²) in [4.78, 5) is 42.0. The number of hydrogen-bond acceptors (Lipinski definition) is 8. The number of nitriles is 1. The molecule has 9 nitrogen and oxygen atoms in total. The molecule has 2 aliphatic heterocycles. The summed E-state index contributed by atoms with van der Waals surface area (Å²) in [5.41, 5.74) is 3.07. The number of benzene rings is 1. The maximum Gasteiger partial charge on any atom is 0.319 e. The van der Waals surface area contributed by atoms with E-state index in [1.54, 1.807) is 17.0 Å². The Hall–Kier alpha value is -3.84. The van der Waals surface area contributed by atoms with Crippen LogP contribution in [0, 0.1) is 23.1 Å². The Labute approximate surface area is 247 Å². The molecule has 0 radical (unpaired) electrons. The van der Waals surface area contributed by atoms with Crippen LogP contribution in [0.5, 0.6) is 6.01 Å². The maximum absolute atomic E-state index is 14.0. The normalized spacial score (nSPS) is 22.5. The van der Waals surface area contributed by atoms with Gasteiger partial charge in [-0.15, -0.1) is 0 Å². The molecule has 0 N–H and O–H groups in total. The lowest BCUT2D eigenvalue weighted by Gasteiger charge is -2.41. The fourth-order valence-corrected chi connectivity index (χ4v) is 6.53. The van der Waals surface area contributed by atoms with Gasteiger partial charge in [0.15, 0.2) is 5.78 Å². The first-order chi connectivity index (χ1) is 20.3. The van der Waals surface area contributed by atoms with E-state index in [-0.39, 0.29) is 47.9 Å². The molecule has 3 atom stereocenters. The minimum Gasteiger partial charge on any atom is -0.462 e. The molecule has 5 rings (SSSR count). The van der Waals surface area contributed by atoms with Crippen molar-refractivity contribution in [2.45, 2.75) is 64.0 Å². The molecule has 222 valence electrons. The summed E-state index contributed by atoms with van der Waals surface area (Å²) in [6.07, 6.45) is 6.06. The number of aryl methyl sites for hydroxylation is 1. The van der Waals surface area contributed by atoms with Crippen molar-refractivity contribution in [3.63, 3.8) is 0 Å². The molecule has 2 fully saturated rings. The zero-order valence-corrected chi connectivity index (χ0v) is 24.5. The minimum absolute atomic E-state index is 0.0526. The van der Waals surface area contributed by atoms with Gasteiger partial charge in [-0.05, 0) is 81.5 Å². The SMILES string of the molecule is C=CC(=O)N1CCN(c2nc(OCC3CCCN3C)nc3c2CC[C@@H](Cc2ccc(F)cc2CC)C3=O)CC1CC#N. The summed E-state index contributed by atoms with van der Waals surface area (Å²) in [6.45, 7) is 8.38. The van der Waals surface area contributed by atoms with Gasteiger partial charge in [-0.25, -0.2) is 4.39 Å². The lowest BCUT2D eigenvalue weighted by atomic mass is 9.81. The lowest BCUT2D eigenvalue weighted by molar-refractivity contribution is -0.128. The fraction of sp³-hybridized carbons (Fsp3) is 0.531. The number of Topliss-reactive ketones (excluding diaryl/α,β-unsaturated/α-hetero) is 1. The van der Waals surface area contributed by atoms with Gasteiger partial charge in [-0.3, -0.25) is 9.59 Å². The first-order valence-electron chi connectivity index (χ1n) is 14.9. The number of aromatic nitrogens is 2. The van der Waals surface area contributed by atoms with Gasteiger partial charge in [0.2, 0.25) is 5.91 Å². The molecule has 0 spiro atoms. The molecule has 2 unspecified atom stereocenters. The number of carbonyl (C=O) groups is 2. The van der Waals surface area contributed by atoms with E-state index in [0.29, 0.717) is 63.4 Å². The highest BCUT2D eigenvalue weighted by Crippen LogP contribution is 2.35. The molecule has 10 heteroatoms. The highest BCUT2D eigenvalue weighted by molar-refractivity contribution is 5.99. The quantitative estimate of drug-likeness (QED) is 0.418. The van der Waals surface area contributed by atoms with Gasteiger partial charge in [0.1, 0.15) is 23.9 Å². The Kier molecular flexibility index (Phi) is 9.17. The number of likely N-dealkylation sites (N-methyl/N-ethyl adjacent to an activating group) is 1. The van der Waals surface area contributed by atoms with Crippen LogP contribution in [-0.4, -0.2) is 83.4 Å². The number of amides is 1. The highest BCUT2D eigenvalue weighted by Gasteiger charge is 2.37. The molecular formula is C32H39FN6O3. The molecule has 0 saturated carbocycles. The maximum atomic E-state index is 14.0. The first-order valence-corrected chi connectivity index (χ1v) is 14.9. The summed E-state index contributed by atoms with van der Waals surface area (Å²) in [5, 5.41) is 9.47. The number of likely N-dealkylation sites (tertiary alicyclic amines) is 1. The van der Waals surface area contributed by atoms with Crippen LogP contribution < -0.4 is 9.64 Å². The van der Waals surface area contributed by atoms with Gasteiger partial charge in [0, 0.05) is 37.2 Å². The van der Waals surface area contributed by atoms with Gasteiger partial charge in [0.25, 0.3) is 0 Å². The molecule has 1 amide bonds. The van der Waals surface area contributed by atoms with Gasteiger partial charge < -0.3 is 19.4 Å². The van der Waals surface area contributed by atoms with Gasteiger partial charge in [-0.2, -0.15) is 15.2 Å². The second-order valence-corrected chi connectivity index (χ2v) is 11.5. The van der Waals surface area contributed by atoms with E-state index in [1.165, 1.54) is 12.1 Å². The molecule has 2 aromatic rings. The predicted octanol–water partition coefficient (Wildman–Crippen LogP) is 3.76. The van der Waals surface area contributed by atoms with Crippen molar-refractivity contribution in [1.82, 2.24) is 19.8 Å². The summed E-state index contributed by atoms with van der Waals surface area (Å²) >= 11 is 0. The van der Waals surface area contributed by atoms with Crippen LogP contribution >= 0.6 is 0 Å². The number of ether oxygens (including phenoxy) is 1. The topological polar surface area (TPSA) is 103 Å². The summed E-state index contributed by atoms with van der Waals surface area (Å²) < 4.78 is 20.0. The first kappa shape index (κ1) is 29.6. The van der Waals surface area contributed by atoms with Crippen molar-refractivity contribution in [2.24, 2.45) is 5.92 Å². The van der Waals surface area contributed by atoms with Crippen molar-refractivity contribution in [2.75, 3.05) is 44.7 Å². The van der Waals surface area contributed by atoms with Crippen molar-refractivity contribution in [3.8, 4) is 12.1 Å². The van der Waals surface area contributed by atoms with E-state index in [1.807, 2.05) is 6.92 Å². The Balaban J connectivity index is 1.46. The van der Waals surface area contributed by atoms with Crippen molar-refractivity contribution < 1.29 is 18.7 Å². The van der Waals surface area contributed by atoms with E-state index >= 15 is 0 Å². The van der Waals surface area contributed by atoms with Crippen LogP contribution in [0.3, 0.4) is 0 Å². The number of anilines is 1. The number of hydrogen-bond donors (Lipinski definition) is 0. The van der Waals surface area contributed by atoms with Gasteiger partial charge in [0.05, 0.1) is 18.5 Å². The standard InChI is InChI=1S/C32H39FN6O3/c1-4-21-18-24(33)10-8-22(21)17-23-9-11-27-29(30(23)41)35-32(42-20-26-7-6-14-37(26)3)36-31(27)38-15-16-39(28(40)5-2)25(19-38)12-13-34/h5,8,10,18,23,25-26H,2,4,6-7,9,11-12,14-17,19-20H2,1,3H3/t23-,25?,26?/m0/s1. The second-order valence-electron chi connectivity index (χ2n) is 11.5. The molecule has 3 aliphatic rings. The van der Waals surface area contributed by atoms with Gasteiger partial charge in [-0.1, -0.05) is 19.6 Å². The number of halogens is 1. The van der Waals surface area contributed by atoms with Crippen LogP contribution in [0.25, 0.3) is 0 Å². The van der Waals surface area contributed by atoms with Crippen LogP contribution in [0.2, 0.25) is 0 Å². The van der Waals surface area contributed by atoms with E-state index < -0.39 is 0 Å². The van der Waals surface area contributed by atoms with E-state index in [9.17, 15) is 19.2 Å². The minimum atomic E-state index is -0.325. The predicted molar refractivity (Wildman–Crippen MR) is 157 cm³/mol. The Bertz CT molecular complexity index is 1390. The number of carbonyl (C=O) groups excluding carboxylic acids is 2. The van der Waals surface area contributed by atoms with Gasteiger partial charge >= 0.3 is 6.01 Å². The molecule has 42 heavy (non-hydrogen) atoms. The third-order valence-corrected chi connectivity index (χ3v) is 8.97. The van der Waals surface area contributed by atoms with E-state index in [4.69, 9.17) is 9.72 Å². The average molecular weight is 575 g/mol. The average Bonchev–Trinajstić information content (AvgIpc) is 3.42.